The van der Waals surface area contributed by atoms with E-state index in [2.05, 4.69) is 29.6 Å². The largest absolute Gasteiger partial charge is 0.144 e. The molecule has 0 spiro atoms. The molecule has 2 aromatic heterocycles. The Morgan fingerprint density at radius 2 is 1.94 bits per heavy atom. The van der Waals surface area contributed by atoms with Crippen molar-refractivity contribution in [3.63, 3.8) is 0 Å². The van der Waals surface area contributed by atoms with Gasteiger partial charge >= 0.3 is 0 Å². The van der Waals surface area contributed by atoms with E-state index in [0.717, 1.165) is 6.42 Å². The van der Waals surface area contributed by atoms with Gasteiger partial charge in [-0.25, -0.2) is 0 Å². The van der Waals surface area contributed by atoms with Crippen molar-refractivity contribution in [3.8, 4) is 0 Å². The fourth-order valence-corrected chi connectivity index (χ4v) is 4.25. The van der Waals surface area contributed by atoms with E-state index in [1.807, 2.05) is 6.07 Å². The zero-order chi connectivity index (χ0) is 11.8. The molecule has 3 rings (SSSR count). The molecule has 0 amide bonds. The lowest BCUT2D eigenvalue weighted by molar-refractivity contribution is 1.29. The molecule has 0 radical (unpaired) electrons. The predicted molar refractivity (Wildman–Crippen MR) is 79.0 cm³/mol. The molecule has 0 N–H and O–H groups in total. The summed E-state index contributed by atoms with van der Waals surface area (Å²) in [5.41, 5.74) is 1.35. The Labute approximate surface area is 117 Å². The minimum absolute atomic E-state index is 0.659. The highest BCUT2D eigenvalue weighted by Gasteiger charge is 2.08. The van der Waals surface area contributed by atoms with Crippen LogP contribution in [0.25, 0.3) is 10.1 Å². The van der Waals surface area contributed by atoms with Gasteiger partial charge in [0.15, 0.2) is 0 Å². The summed E-state index contributed by atoms with van der Waals surface area (Å²) in [5, 5.41) is 4.20. The van der Waals surface area contributed by atoms with Crippen LogP contribution in [0.1, 0.15) is 10.4 Å². The lowest BCUT2D eigenvalue weighted by atomic mass is 10.1. The van der Waals surface area contributed by atoms with Crippen molar-refractivity contribution < 1.29 is 0 Å². The Kier molecular flexibility index (Phi) is 3.14. The number of rotatable bonds is 2. The van der Waals surface area contributed by atoms with Crippen LogP contribution in [0, 0.1) is 0 Å². The number of hydrogen-bond donors (Lipinski definition) is 0. The first-order chi connectivity index (χ1) is 8.24. The van der Waals surface area contributed by atoms with E-state index in [9.17, 15) is 0 Å². The van der Waals surface area contributed by atoms with E-state index in [0.29, 0.717) is 9.36 Å². The first kappa shape index (κ1) is 11.5. The van der Waals surface area contributed by atoms with Crippen molar-refractivity contribution >= 4 is 56.0 Å². The van der Waals surface area contributed by atoms with Crippen LogP contribution in [0.5, 0.6) is 0 Å². The van der Waals surface area contributed by atoms with Gasteiger partial charge in [-0.05, 0) is 28.5 Å². The van der Waals surface area contributed by atoms with E-state index < -0.39 is 0 Å². The number of halogens is 2. The van der Waals surface area contributed by atoms with Gasteiger partial charge < -0.3 is 0 Å². The highest BCUT2D eigenvalue weighted by molar-refractivity contribution is 7.17. The monoisotopic (exact) mass is 298 g/mol. The van der Waals surface area contributed by atoms with Crippen LogP contribution in [-0.4, -0.2) is 0 Å². The topological polar surface area (TPSA) is 0 Å². The van der Waals surface area contributed by atoms with Crippen LogP contribution in [0.15, 0.2) is 35.7 Å². The van der Waals surface area contributed by atoms with Crippen LogP contribution in [0.4, 0.5) is 0 Å². The standard InChI is InChI=1S/C13H8Cl2S2/c14-11-6-9(17-13(11)15)5-8-7-16-12-4-2-1-3-10(8)12/h1-4,6-7H,5H2. The molecule has 4 heteroatoms. The molecular weight excluding hydrogens is 291 g/mol. The second-order valence-electron chi connectivity index (χ2n) is 3.77. The van der Waals surface area contributed by atoms with Gasteiger partial charge in [-0.2, -0.15) is 0 Å². The third-order valence-corrected chi connectivity index (χ3v) is 5.50. The molecule has 1 aromatic carbocycles. The SMILES string of the molecule is Clc1cc(Cc2csc3ccccc23)sc1Cl. The molecule has 3 aromatic rings. The third kappa shape index (κ3) is 2.23. The maximum atomic E-state index is 5.98. The minimum Gasteiger partial charge on any atom is -0.144 e. The van der Waals surface area contributed by atoms with Crippen LogP contribution in [-0.2, 0) is 6.42 Å². The van der Waals surface area contributed by atoms with Crippen molar-refractivity contribution in [2.75, 3.05) is 0 Å². The van der Waals surface area contributed by atoms with Gasteiger partial charge in [0.25, 0.3) is 0 Å². The summed E-state index contributed by atoms with van der Waals surface area (Å²) in [4.78, 5) is 1.21. The Hall–Kier alpha value is -0.540. The number of hydrogen-bond acceptors (Lipinski definition) is 2. The summed E-state index contributed by atoms with van der Waals surface area (Å²) in [7, 11) is 0. The fourth-order valence-electron chi connectivity index (χ4n) is 1.84. The molecular formula is C13H8Cl2S2. The average molecular weight is 299 g/mol. The van der Waals surface area contributed by atoms with Crippen LogP contribution in [0.2, 0.25) is 9.36 Å². The summed E-state index contributed by atoms with van der Waals surface area (Å²) >= 11 is 15.3. The molecule has 0 saturated carbocycles. The van der Waals surface area contributed by atoms with Crippen LogP contribution < -0.4 is 0 Å². The molecule has 0 aliphatic carbocycles. The molecule has 0 saturated heterocycles. The smallest absolute Gasteiger partial charge is 0.112 e. The quantitative estimate of drug-likeness (QED) is 0.556. The summed E-state index contributed by atoms with van der Waals surface area (Å²) < 4.78 is 2.01. The second-order valence-corrected chi connectivity index (χ2v) is 6.83. The summed E-state index contributed by atoms with van der Waals surface area (Å²) in [6.07, 6.45) is 0.904. The van der Waals surface area contributed by atoms with Crippen molar-refractivity contribution in [3.05, 3.63) is 55.5 Å². The zero-order valence-corrected chi connectivity index (χ0v) is 11.9. The summed E-state index contributed by atoms with van der Waals surface area (Å²) in [6, 6.07) is 10.4. The maximum Gasteiger partial charge on any atom is 0.112 e. The number of fused-ring (bicyclic) bond motifs is 1. The van der Waals surface area contributed by atoms with Gasteiger partial charge in [-0.1, -0.05) is 41.4 Å². The molecule has 0 aliphatic rings. The van der Waals surface area contributed by atoms with E-state index in [1.165, 1.54) is 20.5 Å². The molecule has 86 valence electrons. The van der Waals surface area contributed by atoms with E-state index in [4.69, 9.17) is 23.2 Å². The second kappa shape index (κ2) is 4.62. The van der Waals surface area contributed by atoms with Crippen molar-refractivity contribution in [2.45, 2.75) is 6.42 Å². The van der Waals surface area contributed by atoms with E-state index in [1.54, 1.807) is 22.7 Å². The van der Waals surface area contributed by atoms with Crippen molar-refractivity contribution in [1.82, 2.24) is 0 Å². The van der Waals surface area contributed by atoms with Gasteiger partial charge in [0, 0.05) is 16.0 Å². The molecule has 0 unspecified atom stereocenters. The van der Waals surface area contributed by atoms with E-state index in [-0.39, 0.29) is 0 Å². The summed E-state index contributed by atoms with van der Waals surface area (Å²) in [6.45, 7) is 0. The lowest BCUT2D eigenvalue weighted by Crippen LogP contribution is -1.81. The minimum atomic E-state index is 0.659. The Bertz CT molecular complexity index is 647. The average Bonchev–Trinajstić information content (AvgIpc) is 2.85. The number of thiophene rings is 2. The Morgan fingerprint density at radius 1 is 1.12 bits per heavy atom. The first-order valence-electron chi connectivity index (χ1n) is 5.13. The molecule has 0 aliphatic heterocycles. The highest BCUT2D eigenvalue weighted by atomic mass is 35.5. The van der Waals surface area contributed by atoms with E-state index >= 15 is 0 Å². The van der Waals surface area contributed by atoms with Crippen molar-refractivity contribution in [2.24, 2.45) is 0 Å². The van der Waals surface area contributed by atoms with Gasteiger partial charge in [0.1, 0.15) is 4.34 Å². The zero-order valence-electron chi connectivity index (χ0n) is 8.74. The molecule has 2 heterocycles. The van der Waals surface area contributed by atoms with Gasteiger partial charge in [-0.15, -0.1) is 22.7 Å². The molecule has 0 bridgehead atoms. The Balaban J connectivity index is 2.00. The normalized spacial score (nSPS) is 11.2. The Morgan fingerprint density at radius 3 is 2.71 bits per heavy atom. The molecule has 17 heavy (non-hydrogen) atoms. The molecule has 0 nitrogen and oxygen atoms in total. The summed E-state index contributed by atoms with van der Waals surface area (Å²) in [5.74, 6) is 0. The first-order valence-corrected chi connectivity index (χ1v) is 7.58. The van der Waals surface area contributed by atoms with Gasteiger partial charge in [0.2, 0.25) is 0 Å². The predicted octanol–water partition coefficient (Wildman–Crippen LogP) is 5.86. The van der Waals surface area contributed by atoms with Crippen LogP contribution in [0.3, 0.4) is 0 Å². The van der Waals surface area contributed by atoms with Gasteiger partial charge in [0.05, 0.1) is 5.02 Å². The van der Waals surface area contributed by atoms with Gasteiger partial charge in [-0.3, -0.25) is 0 Å². The highest BCUT2D eigenvalue weighted by Crippen LogP contribution is 2.35. The van der Waals surface area contributed by atoms with Crippen LogP contribution >= 0.6 is 45.9 Å². The third-order valence-electron chi connectivity index (χ3n) is 2.62. The lowest BCUT2D eigenvalue weighted by Gasteiger charge is -1.96. The van der Waals surface area contributed by atoms with Crippen molar-refractivity contribution in [1.29, 1.82) is 0 Å². The molecule has 0 fully saturated rings. The fraction of sp³-hybridized carbons (Fsp3) is 0.0769. The molecule has 0 atom stereocenters. The number of benzene rings is 1. The maximum absolute atomic E-state index is 5.98.